The van der Waals surface area contributed by atoms with Gasteiger partial charge in [-0.25, -0.2) is 0 Å². The number of benzene rings is 2. The number of alkyl halides is 3. The van der Waals surface area contributed by atoms with Crippen LogP contribution >= 0.6 is 0 Å². The lowest BCUT2D eigenvalue weighted by Crippen LogP contribution is -2.46. The summed E-state index contributed by atoms with van der Waals surface area (Å²) in [4.78, 5) is 12.8. The molecule has 146 valence electrons. The Kier molecular flexibility index (Phi) is 6.82. The second-order valence-electron chi connectivity index (χ2n) is 7.52. The van der Waals surface area contributed by atoms with Crippen LogP contribution in [0.5, 0.6) is 0 Å². The number of Topliss-reactive ketones (excluding diaryl/α,β-unsaturated/α-hetero) is 1. The topological polar surface area (TPSA) is 37.3 Å². The summed E-state index contributed by atoms with van der Waals surface area (Å²) in [6.07, 6.45) is -6.22. The number of rotatable bonds is 8. The number of aliphatic hydroxyl groups is 1. The largest absolute Gasteiger partial charge is 0.401 e. The number of aryl methyl sites for hydroxylation is 1. The third kappa shape index (κ3) is 5.93. The monoisotopic (exact) mass is 378 g/mol. The molecular weight excluding hydrogens is 353 g/mol. The first-order valence-electron chi connectivity index (χ1n) is 8.98. The number of carbonyl (C=O) groups is 1. The van der Waals surface area contributed by atoms with Crippen LogP contribution in [0.25, 0.3) is 0 Å². The molecule has 2 rings (SSSR count). The van der Waals surface area contributed by atoms with Gasteiger partial charge in [-0.15, -0.1) is 0 Å². The molecule has 0 radical (unpaired) electrons. The van der Waals surface area contributed by atoms with Gasteiger partial charge in [-0.1, -0.05) is 74.5 Å². The maximum atomic E-state index is 13.6. The zero-order chi connectivity index (χ0) is 20.1. The highest BCUT2D eigenvalue weighted by Gasteiger charge is 2.52. The maximum absolute atomic E-state index is 13.6. The first-order chi connectivity index (χ1) is 12.6. The van der Waals surface area contributed by atoms with Crippen molar-refractivity contribution in [3.05, 3.63) is 71.8 Å². The van der Waals surface area contributed by atoms with Gasteiger partial charge in [-0.3, -0.25) is 4.79 Å². The van der Waals surface area contributed by atoms with Crippen LogP contribution < -0.4 is 0 Å². The van der Waals surface area contributed by atoms with E-state index in [1.165, 1.54) is 13.8 Å². The van der Waals surface area contributed by atoms with Crippen molar-refractivity contribution in [1.82, 2.24) is 0 Å². The van der Waals surface area contributed by atoms with Crippen LogP contribution in [0, 0.1) is 11.3 Å². The fourth-order valence-electron chi connectivity index (χ4n) is 3.28. The van der Waals surface area contributed by atoms with Crippen LogP contribution in [0.1, 0.15) is 31.4 Å². The molecule has 0 aliphatic heterocycles. The molecule has 1 unspecified atom stereocenters. The van der Waals surface area contributed by atoms with Gasteiger partial charge in [-0.2, -0.15) is 13.2 Å². The fourth-order valence-corrected chi connectivity index (χ4v) is 3.28. The van der Waals surface area contributed by atoms with Crippen LogP contribution in [0.4, 0.5) is 13.2 Å². The number of ketones is 1. The Hall–Kier alpha value is -2.14. The second-order valence-corrected chi connectivity index (χ2v) is 7.52. The molecule has 5 heteroatoms. The van der Waals surface area contributed by atoms with Gasteiger partial charge in [0, 0.05) is 5.41 Å². The highest BCUT2D eigenvalue weighted by atomic mass is 19.4. The molecule has 1 N–H and O–H groups in total. The van der Waals surface area contributed by atoms with E-state index in [0.29, 0.717) is 0 Å². The lowest BCUT2D eigenvalue weighted by molar-refractivity contribution is -0.205. The first kappa shape index (κ1) is 21.2. The number of halogens is 3. The number of aliphatic hydroxyl groups excluding tert-OH is 1. The molecule has 0 amide bonds. The van der Waals surface area contributed by atoms with Gasteiger partial charge in [0.2, 0.25) is 0 Å². The van der Waals surface area contributed by atoms with Crippen molar-refractivity contribution in [2.24, 2.45) is 11.3 Å². The third-order valence-corrected chi connectivity index (χ3v) is 4.75. The predicted octanol–water partition coefficient (Wildman–Crippen LogP) is 5.00. The maximum Gasteiger partial charge on any atom is 0.401 e. The Balaban J connectivity index is 2.15. The molecule has 0 bridgehead atoms. The predicted molar refractivity (Wildman–Crippen MR) is 99.2 cm³/mol. The van der Waals surface area contributed by atoms with Crippen LogP contribution in [-0.2, 0) is 17.6 Å². The van der Waals surface area contributed by atoms with E-state index < -0.39 is 29.4 Å². The fraction of sp³-hybridized carbons (Fsp3) is 0.409. The number of hydrogen-bond acceptors (Lipinski definition) is 2. The molecule has 0 aliphatic rings. The molecule has 0 saturated heterocycles. The summed E-state index contributed by atoms with van der Waals surface area (Å²) in [7, 11) is 0. The smallest absolute Gasteiger partial charge is 0.392 e. The minimum absolute atomic E-state index is 0.124. The van der Waals surface area contributed by atoms with E-state index in [1.807, 2.05) is 12.1 Å². The summed E-state index contributed by atoms with van der Waals surface area (Å²) in [5.41, 5.74) is 0.374. The Bertz CT molecular complexity index is 724. The molecule has 0 fully saturated rings. The minimum atomic E-state index is -4.79. The van der Waals surface area contributed by atoms with Gasteiger partial charge < -0.3 is 5.11 Å². The van der Waals surface area contributed by atoms with E-state index >= 15 is 0 Å². The van der Waals surface area contributed by atoms with Crippen molar-refractivity contribution in [3.8, 4) is 0 Å². The highest BCUT2D eigenvalue weighted by Crippen LogP contribution is 2.38. The van der Waals surface area contributed by atoms with Crippen LogP contribution in [0.3, 0.4) is 0 Å². The molecule has 27 heavy (non-hydrogen) atoms. The van der Waals surface area contributed by atoms with Gasteiger partial charge in [0.15, 0.2) is 5.78 Å². The molecule has 2 aromatic rings. The molecule has 2 atom stereocenters. The Morgan fingerprint density at radius 3 is 1.89 bits per heavy atom. The molecule has 2 nitrogen and oxygen atoms in total. The van der Waals surface area contributed by atoms with Gasteiger partial charge >= 0.3 is 6.18 Å². The van der Waals surface area contributed by atoms with Gasteiger partial charge in [-0.05, 0) is 30.4 Å². The van der Waals surface area contributed by atoms with Crippen molar-refractivity contribution in [1.29, 1.82) is 0 Å². The van der Waals surface area contributed by atoms with E-state index in [9.17, 15) is 23.1 Å². The normalized spacial score (nSPS) is 14.6. The molecular formula is C22H25F3O2. The van der Waals surface area contributed by atoms with E-state index in [1.54, 1.807) is 48.5 Å². The average molecular weight is 378 g/mol. The molecule has 0 heterocycles. The first-order valence-corrected chi connectivity index (χ1v) is 8.98. The zero-order valence-corrected chi connectivity index (χ0v) is 15.5. The SMILES string of the molecule is CC(C)(Cc1ccccc1)C(=O)[C@H](C(O)CCc1ccccc1)C(F)(F)F. The van der Waals surface area contributed by atoms with E-state index in [0.717, 1.165) is 11.1 Å². The summed E-state index contributed by atoms with van der Waals surface area (Å²) in [6, 6.07) is 17.9. The van der Waals surface area contributed by atoms with Gasteiger partial charge in [0.1, 0.15) is 5.92 Å². The number of hydrogen-bond donors (Lipinski definition) is 1. The lowest BCUT2D eigenvalue weighted by Gasteiger charge is -2.32. The molecule has 0 saturated carbocycles. The summed E-state index contributed by atoms with van der Waals surface area (Å²) in [5, 5.41) is 10.3. The standard InChI is InChI=1S/C22H25F3O2/c1-21(2,15-17-11-7-4-8-12-17)20(27)19(22(23,24)25)18(26)14-13-16-9-5-3-6-10-16/h3-12,18-19,26H,13-15H2,1-2H3/t18?,19-/m0/s1. The van der Waals surface area contributed by atoms with Crippen LogP contribution in [-0.4, -0.2) is 23.2 Å². The Morgan fingerprint density at radius 2 is 1.41 bits per heavy atom. The van der Waals surface area contributed by atoms with Crippen molar-refractivity contribution in [3.63, 3.8) is 0 Å². The third-order valence-electron chi connectivity index (χ3n) is 4.75. The summed E-state index contributed by atoms with van der Waals surface area (Å²) < 4.78 is 40.9. The van der Waals surface area contributed by atoms with Crippen LogP contribution in [0.2, 0.25) is 0 Å². The summed E-state index contributed by atoms with van der Waals surface area (Å²) in [6.45, 7) is 3.01. The minimum Gasteiger partial charge on any atom is -0.392 e. The van der Waals surface area contributed by atoms with Gasteiger partial charge in [0.25, 0.3) is 0 Å². The van der Waals surface area contributed by atoms with E-state index in [2.05, 4.69) is 0 Å². The quantitative estimate of drug-likeness (QED) is 0.702. The highest BCUT2D eigenvalue weighted by molar-refractivity contribution is 5.87. The average Bonchev–Trinajstić information content (AvgIpc) is 2.60. The molecule has 0 spiro atoms. The van der Waals surface area contributed by atoms with Crippen molar-refractivity contribution in [2.75, 3.05) is 0 Å². The summed E-state index contributed by atoms with van der Waals surface area (Å²) in [5.74, 6) is -3.36. The Morgan fingerprint density at radius 1 is 0.926 bits per heavy atom. The molecule has 0 aliphatic carbocycles. The zero-order valence-electron chi connectivity index (χ0n) is 15.5. The lowest BCUT2D eigenvalue weighted by atomic mass is 9.74. The van der Waals surface area contributed by atoms with Crippen molar-refractivity contribution >= 4 is 5.78 Å². The van der Waals surface area contributed by atoms with E-state index in [4.69, 9.17) is 0 Å². The van der Waals surface area contributed by atoms with Crippen LogP contribution in [0.15, 0.2) is 60.7 Å². The molecule has 2 aromatic carbocycles. The van der Waals surface area contributed by atoms with E-state index in [-0.39, 0.29) is 19.3 Å². The number of carbonyl (C=O) groups excluding carboxylic acids is 1. The van der Waals surface area contributed by atoms with Crippen molar-refractivity contribution in [2.45, 2.75) is 45.4 Å². The van der Waals surface area contributed by atoms with Gasteiger partial charge in [0.05, 0.1) is 6.10 Å². The Labute approximate surface area is 158 Å². The molecule has 0 aromatic heterocycles. The summed E-state index contributed by atoms with van der Waals surface area (Å²) >= 11 is 0. The second kappa shape index (κ2) is 8.70. The van der Waals surface area contributed by atoms with Crippen molar-refractivity contribution < 1.29 is 23.1 Å².